The van der Waals surface area contributed by atoms with Crippen LogP contribution in [0, 0.1) is 33.6 Å². The van der Waals surface area contributed by atoms with E-state index in [1.807, 2.05) is 44.5 Å². The molecule has 1 aromatic carbocycles. The van der Waals surface area contributed by atoms with Crippen molar-refractivity contribution < 1.29 is 9.90 Å². The highest BCUT2D eigenvalue weighted by atomic mass is 16.3. The van der Waals surface area contributed by atoms with Crippen molar-refractivity contribution in [2.75, 3.05) is 6.54 Å². The normalized spacial score (nSPS) is 12.2. The van der Waals surface area contributed by atoms with Crippen molar-refractivity contribution in [2.45, 2.75) is 41.2 Å². The highest BCUT2D eigenvalue weighted by Gasteiger charge is 2.15. The summed E-state index contributed by atoms with van der Waals surface area (Å²) in [5, 5.41) is 17.4. The van der Waals surface area contributed by atoms with E-state index in [-0.39, 0.29) is 17.6 Å². The van der Waals surface area contributed by atoms with Crippen LogP contribution in [0.25, 0.3) is 0 Å². The monoisotopic (exact) mass is 315 g/mol. The molecule has 0 saturated carbocycles. The molecule has 1 amide bonds. The second kappa shape index (κ2) is 6.86. The summed E-state index contributed by atoms with van der Waals surface area (Å²) in [6.45, 7) is 11.1. The average Bonchev–Trinajstić information content (AvgIpc) is 2.80. The first kappa shape index (κ1) is 17.1. The lowest BCUT2D eigenvalue weighted by molar-refractivity contribution is 0.0943. The lowest BCUT2D eigenvalue weighted by atomic mass is 10.0. The molecule has 5 heteroatoms. The van der Waals surface area contributed by atoms with E-state index < -0.39 is 0 Å². The molecule has 1 heterocycles. The number of nitrogens with one attached hydrogen (secondary N) is 1. The highest BCUT2D eigenvalue weighted by molar-refractivity contribution is 5.97. The summed E-state index contributed by atoms with van der Waals surface area (Å²) in [5.41, 5.74) is 4.16. The number of carbonyl (C=O) groups excluding carboxylic acids is 1. The van der Waals surface area contributed by atoms with Gasteiger partial charge in [0.1, 0.15) is 5.75 Å². The van der Waals surface area contributed by atoms with Crippen molar-refractivity contribution in [1.82, 2.24) is 15.1 Å². The third-order valence-electron chi connectivity index (χ3n) is 4.15. The minimum atomic E-state index is -0.245. The second-order valence-electron chi connectivity index (χ2n) is 6.33. The number of nitrogens with zero attached hydrogens (tertiary/aromatic N) is 2. The van der Waals surface area contributed by atoms with Gasteiger partial charge < -0.3 is 10.4 Å². The molecule has 5 nitrogen and oxygen atoms in total. The van der Waals surface area contributed by atoms with Crippen LogP contribution in [0.2, 0.25) is 0 Å². The lowest BCUT2D eigenvalue weighted by Gasteiger charge is -2.15. The van der Waals surface area contributed by atoms with Gasteiger partial charge in [0.25, 0.3) is 5.91 Å². The number of hydrogen-bond acceptors (Lipinski definition) is 3. The number of rotatable bonds is 5. The van der Waals surface area contributed by atoms with E-state index in [4.69, 9.17) is 0 Å². The topological polar surface area (TPSA) is 67.2 Å². The number of aromatic nitrogens is 2. The number of aryl methyl sites for hydroxylation is 3. The van der Waals surface area contributed by atoms with Gasteiger partial charge in [-0.05, 0) is 56.9 Å². The predicted octanol–water partition coefficient (Wildman–Crippen LogP) is 2.89. The van der Waals surface area contributed by atoms with Gasteiger partial charge >= 0.3 is 0 Å². The standard InChI is InChI=1S/C18H25N3O2/c1-11(10-21-14(4)8-13(3)20-21)9-19-18(23)16-7-6-12(2)15(5)17(16)22/h6-8,11,22H,9-10H2,1-5H3,(H,19,23). The van der Waals surface area contributed by atoms with Crippen LogP contribution in [-0.2, 0) is 6.54 Å². The molecule has 0 aliphatic heterocycles. The van der Waals surface area contributed by atoms with Gasteiger partial charge in [0.05, 0.1) is 11.3 Å². The van der Waals surface area contributed by atoms with E-state index in [1.165, 1.54) is 0 Å². The average molecular weight is 315 g/mol. The number of carbonyl (C=O) groups is 1. The van der Waals surface area contributed by atoms with Crippen molar-refractivity contribution >= 4 is 5.91 Å². The van der Waals surface area contributed by atoms with Crippen LogP contribution in [0.15, 0.2) is 18.2 Å². The van der Waals surface area contributed by atoms with Crippen molar-refractivity contribution in [3.63, 3.8) is 0 Å². The summed E-state index contributed by atoms with van der Waals surface area (Å²) in [5.74, 6) is 0.0603. The Balaban J connectivity index is 1.96. The summed E-state index contributed by atoms with van der Waals surface area (Å²) in [7, 11) is 0. The molecule has 0 fully saturated rings. The fourth-order valence-corrected chi connectivity index (χ4v) is 2.57. The molecule has 0 bridgehead atoms. The van der Waals surface area contributed by atoms with Gasteiger partial charge in [0.15, 0.2) is 0 Å². The zero-order chi connectivity index (χ0) is 17.1. The summed E-state index contributed by atoms with van der Waals surface area (Å²) < 4.78 is 1.96. The van der Waals surface area contributed by atoms with E-state index in [0.29, 0.717) is 12.1 Å². The van der Waals surface area contributed by atoms with Crippen LogP contribution >= 0.6 is 0 Å². The fourth-order valence-electron chi connectivity index (χ4n) is 2.57. The lowest BCUT2D eigenvalue weighted by Crippen LogP contribution is -2.30. The second-order valence-corrected chi connectivity index (χ2v) is 6.33. The Morgan fingerprint density at radius 1 is 1.30 bits per heavy atom. The Kier molecular flexibility index (Phi) is 5.08. The maximum Gasteiger partial charge on any atom is 0.255 e. The molecule has 23 heavy (non-hydrogen) atoms. The van der Waals surface area contributed by atoms with Crippen molar-refractivity contribution in [1.29, 1.82) is 0 Å². The molecule has 1 aromatic heterocycles. The van der Waals surface area contributed by atoms with Gasteiger partial charge in [-0.25, -0.2) is 0 Å². The SMILES string of the molecule is Cc1cc(C)n(CC(C)CNC(=O)c2ccc(C)c(C)c2O)n1. The third-order valence-corrected chi connectivity index (χ3v) is 4.15. The summed E-state index contributed by atoms with van der Waals surface area (Å²) in [6.07, 6.45) is 0. The van der Waals surface area contributed by atoms with Gasteiger partial charge in [-0.3, -0.25) is 9.48 Å². The van der Waals surface area contributed by atoms with Crippen LogP contribution in [0.4, 0.5) is 0 Å². The molecule has 2 aromatic rings. The molecule has 0 saturated heterocycles. The number of phenols is 1. The van der Waals surface area contributed by atoms with E-state index in [9.17, 15) is 9.90 Å². The number of benzene rings is 1. The van der Waals surface area contributed by atoms with Crippen molar-refractivity contribution in [3.8, 4) is 5.75 Å². The van der Waals surface area contributed by atoms with E-state index >= 15 is 0 Å². The Bertz CT molecular complexity index is 719. The molecule has 1 unspecified atom stereocenters. The van der Waals surface area contributed by atoms with Gasteiger partial charge in [0.2, 0.25) is 0 Å². The maximum atomic E-state index is 12.3. The number of aromatic hydroxyl groups is 1. The van der Waals surface area contributed by atoms with Gasteiger partial charge in [0, 0.05) is 18.8 Å². The van der Waals surface area contributed by atoms with E-state index in [1.54, 1.807) is 6.07 Å². The highest BCUT2D eigenvalue weighted by Crippen LogP contribution is 2.24. The van der Waals surface area contributed by atoms with E-state index in [0.717, 1.165) is 29.1 Å². The molecule has 1 atom stereocenters. The number of hydrogen-bond donors (Lipinski definition) is 2. The third kappa shape index (κ3) is 3.92. The number of amides is 1. The van der Waals surface area contributed by atoms with Crippen LogP contribution in [0.3, 0.4) is 0 Å². The minimum Gasteiger partial charge on any atom is -0.507 e. The van der Waals surface area contributed by atoms with Crippen LogP contribution in [-0.4, -0.2) is 27.3 Å². The minimum absolute atomic E-state index is 0.0636. The van der Waals surface area contributed by atoms with Crippen LogP contribution in [0.1, 0.15) is 39.8 Å². The maximum absolute atomic E-state index is 12.3. The zero-order valence-electron chi connectivity index (χ0n) is 14.5. The summed E-state index contributed by atoms with van der Waals surface area (Å²) in [6, 6.07) is 5.56. The van der Waals surface area contributed by atoms with Crippen LogP contribution < -0.4 is 5.32 Å². The van der Waals surface area contributed by atoms with Crippen LogP contribution in [0.5, 0.6) is 5.75 Å². The quantitative estimate of drug-likeness (QED) is 0.891. The summed E-state index contributed by atoms with van der Waals surface area (Å²) in [4.78, 5) is 12.3. The molecule has 0 aliphatic rings. The van der Waals surface area contributed by atoms with Gasteiger partial charge in [-0.2, -0.15) is 5.10 Å². The zero-order valence-corrected chi connectivity index (χ0v) is 14.5. The molecular formula is C18H25N3O2. The Morgan fingerprint density at radius 2 is 2.00 bits per heavy atom. The molecule has 0 aliphatic carbocycles. The Labute approximate surface area is 137 Å². The number of phenolic OH excluding ortho intramolecular Hbond substituents is 1. The van der Waals surface area contributed by atoms with Gasteiger partial charge in [-0.15, -0.1) is 0 Å². The molecule has 2 N–H and O–H groups in total. The first-order valence-corrected chi connectivity index (χ1v) is 7.88. The Morgan fingerprint density at radius 3 is 2.61 bits per heavy atom. The van der Waals surface area contributed by atoms with Crippen molar-refractivity contribution in [3.05, 3.63) is 46.3 Å². The van der Waals surface area contributed by atoms with Gasteiger partial charge in [-0.1, -0.05) is 13.0 Å². The Hall–Kier alpha value is -2.30. The molecular weight excluding hydrogens is 290 g/mol. The van der Waals surface area contributed by atoms with Crippen molar-refractivity contribution in [2.24, 2.45) is 5.92 Å². The fraction of sp³-hybridized carbons (Fsp3) is 0.444. The molecule has 0 radical (unpaired) electrons. The van der Waals surface area contributed by atoms with E-state index in [2.05, 4.69) is 17.3 Å². The smallest absolute Gasteiger partial charge is 0.255 e. The first-order valence-electron chi connectivity index (χ1n) is 7.88. The molecule has 2 rings (SSSR count). The first-order chi connectivity index (χ1) is 10.8. The summed E-state index contributed by atoms with van der Waals surface area (Å²) >= 11 is 0. The molecule has 124 valence electrons. The predicted molar refractivity (Wildman–Crippen MR) is 90.8 cm³/mol. The largest absolute Gasteiger partial charge is 0.507 e. The molecule has 0 spiro atoms.